The van der Waals surface area contributed by atoms with Crippen LogP contribution in [-0.2, 0) is 24.2 Å². The average Bonchev–Trinajstić information content (AvgIpc) is 2.92. The molecule has 198 valence electrons. The summed E-state index contributed by atoms with van der Waals surface area (Å²) in [4.78, 5) is 26.4. The maximum Gasteiger partial charge on any atom is 0.326 e. The van der Waals surface area contributed by atoms with Crippen molar-refractivity contribution in [3.8, 4) is 17.2 Å². The van der Waals surface area contributed by atoms with Gasteiger partial charge in [-0.1, -0.05) is 35.9 Å². The third-order valence-electron chi connectivity index (χ3n) is 6.39. The van der Waals surface area contributed by atoms with Gasteiger partial charge in [0.1, 0.15) is 11.8 Å². The van der Waals surface area contributed by atoms with Crippen LogP contribution in [0.4, 0.5) is 0 Å². The van der Waals surface area contributed by atoms with Crippen LogP contribution in [0.2, 0.25) is 5.02 Å². The highest BCUT2D eigenvalue weighted by Crippen LogP contribution is 2.34. The first kappa shape index (κ1) is 26.9. The Bertz CT molecular complexity index is 1340. The van der Waals surface area contributed by atoms with E-state index in [1.54, 1.807) is 62.8 Å². The van der Waals surface area contributed by atoms with E-state index >= 15 is 0 Å². The quantitative estimate of drug-likeness (QED) is 0.363. The Morgan fingerprint density at radius 1 is 1.05 bits per heavy atom. The molecule has 0 fully saturated rings. The molecule has 1 unspecified atom stereocenters. The first-order valence-corrected chi connectivity index (χ1v) is 12.4. The number of fused-ring (bicyclic) bond motifs is 1. The summed E-state index contributed by atoms with van der Waals surface area (Å²) in [6.45, 7) is 5.46. The number of ether oxygens (including phenoxy) is 3. The van der Waals surface area contributed by atoms with Crippen LogP contribution in [0, 0.1) is 0 Å². The number of carbonyl (C=O) groups is 2. The van der Waals surface area contributed by atoms with Gasteiger partial charge in [0, 0.05) is 19.5 Å². The smallest absolute Gasteiger partial charge is 0.326 e. The molecule has 0 aromatic heterocycles. The lowest BCUT2D eigenvalue weighted by Crippen LogP contribution is -2.42. The van der Waals surface area contributed by atoms with Crippen LogP contribution >= 0.6 is 11.6 Å². The molecule has 3 aromatic rings. The number of carboxylic acids is 1. The van der Waals surface area contributed by atoms with E-state index in [1.165, 1.54) is 5.56 Å². The van der Waals surface area contributed by atoms with Crippen molar-refractivity contribution in [1.29, 1.82) is 0 Å². The molecular weight excluding hydrogens is 508 g/mol. The van der Waals surface area contributed by atoms with Crippen LogP contribution in [-0.4, -0.2) is 48.7 Å². The zero-order chi connectivity index (χ0) is 27.2. The second kappa shape index (κ2) is 11.9. The molecule has 1 aliphatic rings. The van der Waals surface area contributed by atoms with E-state index < -0.39 is 17.9 Å². The summed E-state index contributed by atoms with van der Waals surface area (Å²) >= 11 is 6.06. The lowest BCUT2D eigenvalue weighted by molar-refractivity contribution is -0.139. The molecule has 1 atom stereocenters. The highest BCUT2D eigenvalue weighted by atomic mass is 35.5. The summed E-state index contributed by atoms with van der Waals surface area (Å²) in [6.07, 6.45) is 0.911. The van der Waals surface area contributed by atoms with E-state index in [9.17, 15) is 14.7 Å². The summed E-state index contributed by atoms with van der Waals surface area (Å²) in [7, 11) is 3.24. The van der Waals surface area contributed by atoms with Crippen LogP contribution in [0.15, 0.2) is 73.1 Å². The number of hydrogen-bond acceptors (Lipinski definition) is 6. The Hall–Kier alpha value is -4.17. The Balaban J connectivity index is 1.37. The summed E-state index contributed by atoms with van der Waals surface area (Å²) in [5.74, 6) is 0.788. The normalized spacial score (nSPS) is 13.2. The van der Waals surface area contributed by atoms with Crippen molar-refractivity contribution in [2.24, 2.45) is 0 Å². The van der Waals surface area contributed by atoms with E-state index in [0.29, 0.717) is 29.7 Å². The molecule has 38 heavy (non-hydrogen) atoms. The molecule has 2 N–H and O–H groups in total. The van der Waals surface area contributed by atoms with Crippen molar-refractivity contribution < 1.29 is 28.9 Å². The molecule has 8 nitrogen and oxygen atoms in total. The Morgan fingerprint density at radius 3 is 2.34 bits per heavy atom. The predicted octanol–water partition coefficient (Wildman–Crippen LogP) is 4.69. The maximum atomic E-state index is 12.5. The van der Waals surface area contributed by atoms with E-state index in [1.807, 2.05) is 17.0 Å². The number of nitrogens with one attached hydrogen (secondary N) is 1. The number of rotatable bonds is 10. The van der Waals surface area contributed by atoms with Crippen molar-refractivity contribution in [2.75, 3.05) is 20.8 Å². The number of halogens is 1. The monoisotopic (exact) mass is 536 g/mol. The Kier molecular flexibility index (Phi) is 8.43. The predicted molar refractivity (Wildman–Crippen MR) is 144 cm³/mol. The van der Waals surface area contributed by atoms with Crippen molar-refractivity contribution in [2.45, 2.75) is 25.4 Å². The van der Waals surface area contributed by atoms with Gasteiger partial charge in [0.15, 0.2) is 17.4 Å². The first-order chi connectivity index (χ1) is 18.3. The van der Waals surface area contributed by atoms with Gasteiger partial charge in [0.2, 0.25) is 0 Å². The largest absolute Gasteiger partial charge is 0.493 e. The SMILES string of the molecule is C=C(Oc1ccc(CC(NC(=O)c2ccccc2Cl)C(=O)O)cc1)N1CCc2cc(OC)c(OC)cc2C1. The highest BCUT2D eigenvalue weighted by molar-refractivity contribution is 6.33. The van der Waals surface area contributed by atoms with Crippen molar-refractivity contribution >= 4 is 23.5 Å². The van der Waals surface area contributed by atoms with Crippen molar-refractivity contribution in [3.63, 3.8) is 0 Å². The number of carboxylic acid groups (broad SMARTS) is 1. The number of aliphatic carboxylic acids is 1. The fourth-order valence-electron chi connectivity index (χ4n) is 4.31. The molecule has 0 saturated carbocycles. The Labute approximate surface area is 226 Å². The van der Waals surface area contributed by atoms with E-state index in [2.05, 4.69) is 11.9 Å². The molecule has 4 rings (SSSR count). The number of benzene rings is 3. The average molecular weight is 537 g/mol. The van der Waals surface area contributed by atoms with Gasteiger partial charge in [0.05, 0.1) is 24.8 Å². The minimum Gasteiger partial charge on any atom is -0.493 e. The molecule has 0 bridgehead atoms. The maximum absolute atomic E-state index is 12.5. The van der Waals surface area contributed by atoms with Gasteiger partial charge < -0.3 is 29.5 Å². The number of hydrogen-bond donors (Lipinski definition) is 2. The van der Waals surface area contributed by atoms with Crippen molar-refractivity contribution in [1.82, 2.24) is 10.2 Å². The second-order valence-corrected chi connectivity index (χ2v) is 9.24. The standard InChI is InChI=1S/C29H29ClN2O6/c1-18(32-13-12-20-15-26(36-2)27(37-3)16-21(20)17-32)38-22-10-8-19(9-11-22)14-25(29(34)35)31-28(33)23-6-4-5-7-24(23)30/h4-11,15-16,25H,1,12-14,17H2,2-3H3,(H,31,33)(H,34,35). The minimum atomic E-state index is -1.14. The van der Waals surface area contributed by atoms with Gasteiger partial charge in [-0.05, 0) is 66.1 Å². The Morgan fingerprint density at radius 2 is 1.71 bits per heavy atom. The van der Waals surface area contributed by atoms with E-state index in [4.69, 9.17) is 25.8 Å². The van der Waals surface area contributed by atoms with Gasteiger partial charge in [-0.3, -0.25) is 4.79 Å². The topological polar surface area (TPSA) is 97.3 Å². The summed E-state index contributed by atoms with van der Waals surface area (Å²) in [5.41, 5.74) is 3.27. The van der Waals surface area contributed by atoms with Gasteiger partial charge in [-0.25, -0.2) is 4.79 Å². The molecule has 3 aromatic carbocycles. The van der Waals surface area contributed by atoms with Gasteiger partial charge in [0.25, 0.3) is 5.91 Å². The summed E-state index contributed by atoms with van der Waals surface area (Å²) in [5, 5.41) is 12.4. The number of carbonyl (C=O) groups excluding carboxylic acids is 1. The molecule has 1 heterocycles. The molecule has 0 aliphatic carbocycles. The molecule has 0 saturated heterocycles. The molecule has 1 aliphatic heterocycles. The van der Waals surface area contributed by atoms with Crippen LogP contribution in [0.1, 0.15) is 27.0 Å². The molecular formula is C29H29ClN2O6. The molecule has 1 amide bonds. The third-order valence-corrected chi connectivity index (χ3v) is 6.72. The zero-order valence-electron chi connectivity index (χ0n) is 21.2. The van der Waals surface area contributed by atoms with E-state index in [0.717, 1.165) is 24.1 Å². The first-order valence-electron chi connectivity index (χ1n) is 12.0. The number of nitrogens with zero attached hydrogens (tertiary/aromatic N) is 1. The highest BCUT2D eigenvalue weighted by Gasteiger charge is 2.23. The molecule has 0 radical (unpaired) electrons. The second-order valence-electron chi connectivity index (χ2n) is 8.84. The fourth-order valence-corrected chi connectivity index (χ4v) is 4.53. The molecule has 0 spiro atoms. The van der Waals surface area contributed by atoms with Gasteiger partial charge in [-0.2, -0.15) is 0 Å². The van der Waals surface area contributed by atoms with Gasteiger partial charge in [-0.15, -0.1) is 0 Å². The van der Waals surface area contributed by atoms with Crippen LogP contribution in [0.5, 0.6) is 17.2 Å². The summed E-state index contributed by atoms with van der Waals surface area (Å²) in [6, 6.07) is 16.4. The van der Waals surface area contributed by atoms with E-state index in [-0.39, 0.29) is 17.0 Å². The number of methoxy groups -OCH3 is 2. The zero-order valence-corrected chi connectivity index (χ0v) is 22.0. The van der Waals surface area contributed by atoms with Crippen molar-refractivity contribution in [3.05, 3.63) is 100 Å². The third kappa shape index (κ3) is 6.20. The van der Waals surface area contributed by atoms with Crippen LogP contribution in [0.3, 0.4) is 0 Å². The number of amides is 1. The van der Waals surface area contributed by atoms with Crippen LogP contribution < -0.4 is 19.5 Å². The lowest BCUT2D eigenvalue weighted by atomic mass is 9.99. The molecule has 9 heteroatoms. The minimum absolute atomic E-state index is 0.0982. The fraction of sp³-hybridized carbons (Fsp3) is 0.241. The van der Waals surface area contributed by atoms with Gasteiger partial charge >= 0.3 is 5.97 Å². The van der Waals surface area contributed by atoms with Crippen LogP contribution in [0.25, 0.3) is 0 Å². The lowest BCUT2D eigenvalue weighted by Gasteiger charge is -2.32. The summed E-state index contributed by atoms with van der Waals surface area (Å²) < 4.78 is 16.8.